The minimum absolute atomic E-state index is 0.0278. The predicted molar refractivity (Wildman–Crippen MR) is 127 cm³/mol. The fourth-order valence-electron chi connectivity index (χ4n) is 3.54. The highest BCUT2D eigenvalue weighted by Crippen LogP contribution is 2.25. The molecule has 0 saturated heterocycles. The highest BCUT2D eigenvalue weighted by Gasteiger charge is 2.36. The molecule has 0 saturated carbocycles. The Labute approximate surface area is 195 Å². The molecule has 0 rings (SSSR count). The van der Waals surface area contributed by atoms with Crippen LogP contribution in [0.2, 0.25) is 0 Å². The Balaban J connectivity index is 3.62. The van der Waals surface area contributed by atoms with E-state index < -0.39 is 17.8 Å². The number of nitrogens with zero attached hydrogens (tertiary/aromatic N) is 1. The molecule has 0 aromatic heterocycles. The maximum Gasteiger partial charge on any atom is 0.407 e. The minimum atomic E-state index is -3.27. The molecule has 7 heteroatoms. The predicted octanol–water partition coefficient (Wildman–Crippen LogP) is 6.74. The van der Waals surface area contributed by atoms with Gasteiger partial charge in [-0.3, -0.25) is 4.79 Å². The molecule has 0 radical (unpaired) electrons. The van der Waals surface area contributed by atoms with Crippen molar-refractivity contribution in [1.82, 2.24) is 10.2 Å². The molecule has 32 heavy (non-hydrogen) atoms. The number of hydrogen-bond donors (Lipinski definition) is 1. The van der Waals surface area contributed by atoms with Gasteiger partial charge in [-0.05, 0) is 39.9 Å². The zero-order valence-corrected chi connectivity index (χ0v) is 20.9. The quantitative estimate of drug-likeness (QED) is 0.181. The second kappa shape index (κ2) is 20.4. The molecule has 0 aliphatic rings. The number of amides is 1. The lowest BCUT2D eigenvalue weighted by Gasteiger charge is -2.15. The van der Waals surface area contributed by atoms with E-state index in [-0.39, 0.29) is 25.9 Å². The maximum atomic E-state index is 14.0. The Morgan fingerprint density at radius 3 is 1.88 bits per heavy atom. The molecule has 0 bridgehead atoms. The monoisotopic (exact) mass is 462 g/mol. The van der Waals surface area contributed by atoms with E-state index in [4.69, 9.17) is 4.74 Å². The number of ketones is 1. The molecule has 190 valence electrons. The van der Waals surface area contributed by atoms with E-state index in [9.17, 15) is 18.4 Å². The van der Waals surface area contributed by atoms with Gasteiger partial charge < -0.3 is 15.0 Å². The van der Waals surface area contributed by atoms with Crippen molar-refractivity contribution in [2.75, 3.05) is 33.8 Å². The second-order valence-electron chi connectivity index (χ2n) is 9.09. The van der Waals surface area contributed by atoms with Crippen LogP contribution in [0.15, 0.2) is 0 Å². The third-order valence-electron chi connectivity index (χ3n) is 5.59. The van der Waals surface area contributed by atoms with Crippen LogP contribution in [0, 0.1) is 0 Å². The molecule has 0 heterocycles. The van der Waals surface area contributed by atoms with E-state index in [0.29, 0.717) is 13.0 Å². The standard InChI is InChI=1S/C25H48F2N2O3/c1-4-5-6-7-8-9-10-11-12-13-14-15-19-25(26,27)23(30)18-16-22-32-24(31)28-20-17-21-29(2)3/h4-22H2,1-3H3,(H,28,31). The third-order valence-corrected chi connectivity index (χ3v) is 5.59. The van der Waals surface area contributed by atoms with E-state index in [1.807, 2.05) is 19.0 Å². The third kappa shape index (κ3) is 19.4. The molecule has 0 aliphatic heterocycles. The molecule has 5 nitrogen and oxygen atoms in total. The summed E-state index contributed by atoms with van der Waals surface area (Å²) in [5.41, 5.74) is 0. The van der Waals surface area contributed by atoms with Gasteiger partial charge in [0.1, 0.15) is 0 Å². The van der Waals surface area contributed by atoms with Gasteiger partial charge >= 0.3 is 12.0 Å². The number of hydrogen-bond acceptors (Lipinski definition) is 4. The number of carbonyl (C=O) groups excluding carboxylic acids is 2. The SMILES string of the molecule is CCCCCCCCCCCCCCC(F)(F)C(=O)CCCOC(=O)NCCCN(C)C. The summed E-state index contributed by atoms with van der Waals surface area (Å²) in [5.74, 6) is -4.32. The summed E-state index contributed by atoms with van der Waals surface area (Å²) in [7, 11) is 3.90. The molecule has 0 aliphatic carbocycles. The molecule has 0 aromatic rings. The number of ether oxygens (including phenoxy) is 1. The Morgan fingerprint density at radius 1 is 0.812 bits per heavy atom. The number of unbranched alkanes of at least 4 members (excludes halogenated alkanes) is 11. The molecule has 0 aromatic carbocycles. The lowest BCUT2D eigenvalue weighted by Crippen LogP contribution is -2.30. The largest absolute Gasteiger partial charge is 0.450 e. The molecule has 1 N–H and O–H groups in total. The lowest BCUT2D eigenvalue weighted by molar-refractivity contribution is -0.144. The number of rotatable bonds is 22. The van der Waals surface area contributed by atoms with E-state index in [0.717, 1.165) is 32.2 Å². The van der Waals surface area contributed by atoms with Crippen molar-refractivity contribution in [3.63, 3.8) is 0 Å². The van der Waals surface area contributed by atoms with Crippen molar-refractivity contribution in [2.24, 2.45) is 0 Å². The summed E-state index contributed by atoms with van der Waals surface area (Å²) in [6.45, 7) is 3.54. The second-order valence-corrected chi connectivity index (χ2v) is 9.09. The van der Waals surface area contributed by atoms with Crippen molar-refractivity contribution < 1.29 is 23.1 Å². The van der Waals surface area contributed by atoms with Crippen molar-refractivity contribution in [2.45, 2.75) is 116 Å². The summed E-state index contributed by atoms with van der Waals surface area (Å²) in [6.07, 6.45) is 13.1. The van der Waals surface area contributed by atoms with E-state index in [1.54, 1.807) is 0 Å². The fourth-order valence-corrected chi connectivity index (χ4v) is 3.54. The first kappa shape index (κ1) is 30.8. The topological polar surface area (TPSA) is 58.6 Å². The number of alkyl halides is 2. The average molecular weight is 463 g/mol. The van der Waals surface area contributed by atoms with Crippen LogP contribution in [-0.4, -0.2) is 56.5 Å². The molecule has 0 spiro atoms. The molecule has 0 unspecified atom stereocenters. The summed E-state index contributed by atoms with van der Waals surface area (Å²) in [4.78, 5) is 25.3. The fraction of sp³-hybridized carbons (Fsp3) is 0.920. The molecular weight excluding hydrogens is 414 g/mol. The van der Waals surface area contributed by atoms with Crippen molar-refractivity contribution in [1.29, 1.82) is 0 Å². The average Bonchev–Trinajstić information content (AvgIpc) is 2.74. The highest BCUT2D eigenvalue weighted by atomic mass is 19.3. The van der Waals surface area contributed by atoms with Gasteiger partial charge in [-0.1, -0.05) is 77.6 Å². The summed E-state index contributed by atoms with van der Waals surface area (Å²) in [5, 5.41) is 2.60. The van der Waals surface area contributed by atoms with Gasteiger partial charge in [-0.15, -0.1) is 0 Å². The van der Waals surface area contributed by atoms with Crippen molar-refractivity contribution in [3.8, 4) is 0 Å². The maximum absolute atomic E-state index is 14.0. The molecule has 0 fully saturated rings. The van der Waals surface area contributed by atoms with Crippen LogP contribution in [0.5, 0.6) is 0 Å². The van der Waals surface area contributed by atoms with Gasteiger partial charge in [-0.2, -0.15) is 8.78 Å². The Kier molecular flexibility index (Phi) is 19.6. The summed E-state index contributed by atoms with van der Waals surface area (Å²) >= 11 is 0. The first-order valence-electron chi connectivity index (χ1n) is 12.8. The zero-order chi connectivity index (χ0) is 24.1. The number of alkyl carbamates (subject to hydrolysis) is 1. The van der Waals surface area contributed by atoms with Crippen LogP contribution in [0.1, 0.15) is 110 Å². The molecule has 1 amide bonds. The number of carbonyl (C=O) groups is 2. The van der Waals surface area contributed by atoms with E-state index in [2.05, 4.69) is 12.2 Å². The van der Waals surface area contributed by atoms with Crippen molar-refractivity contribution >= 4 is 11.9 Å². The van der Waals surface area contributed by atoms with Crippen LogP contribution in [0.25, 0.3) is 0 Å². The summed E-state index contributed by atoms with van der Waals surface area (Å²) < 4.78 is 32.9. The number of Topliss-reactive ketones (excluding diaryl/α,β-unsaturated/α-hetero) is 1. The van der Waals surface area contributed by atoms with Crippen LogP contribution < -0.4 is 5.32 Å². The van der Waals surface area contributed by atoms with Crippen LogP contribution in [-0.2, 0) is 9.53 Å². The van der Waals surface area contributed by atoms with Gasteiger partial charge in [-0.25, -0.2) is 4.79 Å². The van der Waals surface area contributed by atoms with Crippen LogP contribution in [0.4, 0.5) is 13.6 Å². The number of halogens is 2. The van der Waals surface area contributed by atoms with E-state index in [1.165, 1.54) is 51.4 Å². The van der Waals surface area contributed by atoms with Gasteiger partial charge in [0.05, 0.1) is 6.61 Å². The zero-order valence-electron chi connectivity index (χ0n) is 20.9. The normalized spacial score (nSPS) is 11.7. The van der Waals surface area contributed by atoms with Crippen LogP contribution in [0.3, 0.4) is 0 Å². The van der Waals surface area contributed by atoms with Gasteiger partial charge in [0.2, 0.25) is 5.78 Å². The first-order valence-corrected chi connectivity index (χ1v) is 12.8. The Bertz CT molecular complexity index is 474. The van der Waals surface area contributed by atoms with Gasteiger partial charge in [0.25, 0.3) is 0 Å². The smallest absolute Gasteiger partial charge is 0.407 e. The summed E-state index contributed by atoms with van der Waals surface area (Å²) in [6, 6.07) is 0. The van der Waals surface area contributed by atoms with Gasteiger partial charge in [0, 0.05) is 19.4 Å². The highest BCUT2D eigenvalue weighted by molar-refractivity contribution is 5.85. The Hall–Kier alpha value is -1.24. The van der Waals surface area contributed by atoms with E-state index >= 15 is 0 Å². The Morgan fingerprint density at radius 2 is 1.34 bits per heavy atom. The van der Waals surface area contributed by atoms with Gasteiger partial charge in [0.15, 0.2) is 0 Å². The first-order chi connectivity index (χ1) is 15.3. The lowest BCUT2D eigenvalue weighted by atomic mass is 10.0. The molecule has 0 atom stereocenters. The van der Waals surface area contributed by atoms with Crippen molar-refractivity contribution in [3.05, 3.63) is 0 Å². The molecular formula is C25H48F2N2O3. The number of nitrogens with one attached hydrogen (secondary N) is 1. The van der Waals surface area contributed by atoms with Crippen LogP contribution >= 0.6 is 0 Å². The minimum Gasteiger partial charge on any atom is -0.450 e.